The molecule has 1 aliphatic rings. The molecular formula is C25H25NO3. The van der Waals surface area contributed by atoms with Gasteiger partial charge in [0.25, 0.3) is 0 Å². The van der Waals surface area contributed by atoms with Crippen LogP contribution in [0.1, 0.15) is 30.0 Å². The largest absolute Gasteiger partial charge is 0.508 e. The van der Waals surface area contributed by atoms with Gasteiger partial charge in [-0.25, -0.2) is 0 Å². The number of nitrogens with zero attached hydrogens (tertiary/aromatic N) is 1. The van der Waals surface area contributed by atoms with Crippen LogP contribution in [0.5, 0.6) is 11.5 Å². The Labute approximate surface area is 171 Å². The van der Waals surface area contributed by atoms with Gasteiger partial charge in [0.05, 0.1) is 19.1 Å². The molecule has 0 spiro atoms. The molecule has 148 valence electrons. The number of hydrogen-bond donors (Lipinski definition) is 1. The van der Waals surface area contributed by atoms with E-state index in [2.05, 4.69) is 24.3 Å². The number of benzene rings is 3. The summed E-state index contributed by atoms with van der Waals surface area (Å²) in [5, 5.41) is 9.66. The van der Waals surface area contributed by atoms with Gasteiger partial charge in [-0.15, -0.1) is 0 Å². The number of anilines is 1. The molecule has 1 heterocycles. The van der Waals surface area contributed by atoms with Crippen molar-refractivity contribution in [3.8, 4) is 11.5 Å². The van der Waals surface area contributed by atoms with Crippen LogP contribution in [0.3, 0.4) is 0 Å². The van der Waals surface area contributed by atoms with Crippen LogP contribution in [0.2, 0.25) is 0 Å². The number of hydrogen-bond acceptors (Lipinski definition) is 3. The van der Waals surface area contributed by atoms with E-state index < -0.39 is 0 Å². The summed E-state index contributed by atoms with van der Waals surface area (Å²) in [6.07, 6.45) is 2.77. The molecule has 0 radical (unpaired) electrons. The van der Waals surface area contributed by atoms with Gasteiger partial charge in [-0.05, 0) is 66.8 Å². The number of phenols is 1. The molecule has 0 unspecified atom stereocenters. The molecule has 1 N–H and O–H groups in total. The van der Waals surface area contributed by atoms with E-state index in [-0.39, 0.29) is 23.6 Å². The Hall–Kier alpha value is -3.27. The molecule has 1 saturated heterocycles. The molecule has 4 nitrogen and oxygen atoms in total. The highest BCUT2D eigenvalue weighted by Gasteiger charge is 2.48. The first-order valence-electron chi connectivity index (χ1n) is 9.97. The summed E-state index contributed by atoms with van der Waals surface area (Å²) < 4.78 is 5.24. The van der Waals surface area contributed by atoms with Crippen molar-refractivity contribution in [3.05, 3.63) is 90.0 Å². The third-order valence-corrected chi connectivity index (χ3v) is 5.62. The number of aryl methyl sites for hydroxylation is 1. The van der Waals surface area contributed by atoms with Gasteiger partial charge in [0, 0.05) is 5.69 Å². The van der Waals surface area contributed by atoms with Crippen LogP contribution in [0.15, 0.2) is 78.9 Å². The lowest BCUT2D eigenvalue weighted by atomic mass is 9.78. The molecule has 0 aromatic heterocycles. The Morgan fingerprint density at radius 1 is 0.931 bits per heavy atom. The van der Waals surface area contributed by atoms with Crippen LogP contribution >= 0.6 is 0 Å². The van der Waals surface area contributed by atoms with E-state index >= 15 is 0 Å². The second-order valence-corrected chi connectivity index (χ2v) is 7.43. The third kappa shape index (κ3) is 3.97. The summed E-state index contributed by atoms with van der Waals surface area (Å²) in [7, 11) is 1.63. The normalized spacial score (nSPS) is 18.4. The number of phenolic OH excluding ortho intramolecular Hbond substituents is 1. The minimum atomic E-state index is -0.0506. The number of methoxy groups -OCH3 is 1. The zero-order valence-electron chi connectivity index (χ0n) is 16.5. The number of aromatic hydroxyl groups is 1. The monoisotopic (exact) mass is 387 g/mol. The number of carbonyl (C=O) groups is 1. The highest BCUT2D eigenvalue weighted by Crippen LogP contribution is 2.46. The van der Waals surface area contributed by atoms with Gasteiger partial charge in [-0.1, -0.05) is 42.5 Å². The average molecular weight is 387 g/mol. The number of carbonyl (C=O) groups excluding carboxylic acids is 1. The standard InChI is InChI=1S/C25H25NO3/c1-29-22-16-12-20(13-17-22)26-24(19-10-14-21(27)15-11-19)23(25(26)28)9-5-8-18-6-3-2-4-7-18/h2-4,6-7,10-17,23-24,27H,5,8-9H2,1H3/t23-,24+/m0/s1. The summed E-state index contributed by atoms with van der Waals surface area (Å²) in [5.74, 6) is 1.10. The number of ether oxygens (including phenoxy) is 1. The van der Waals surface area contributed by atoms with Crippen LogP contribution in [-0.2, 0) is 11.2 Å². The highest BCUT2D eigenvalue weighted by molar-refractivity contribution is 6.03. The number of amides is 1. The maximum atomic E-state index is 13.1. The molecule has 0 saturated carbocycles. The van der Waals surface area contributed by atoms with Gasteiger partial charge in [0.1, 0.15) is 11.5 Å². The van der Waals surface area contributed by atoms with Crippen molar-refractivity contribution in [2.75, 3.05) is 12.0 Å². The molecule has 2 atom stereocenters. The molecule has 4 heteroatoms. The van der Waals surface area contributed by atoms with E-state index in [9.17, 15) is 9.90 Å². The van der Waals surface area contributed by atoms with E-state index in [0.29, 0.717) is 0 Å². The minimum Gasteiger partial charge on any atom is -0.508 e. The van der Waals surface area contributed by atoms with Gasteiger partial charge in [0.2, 0.25) is 5.91 Å². The van der Waals surface area contributed by atoms with Crippen molar-refractivity contribution in [1.82, 2.24) is 0 Å². The first kappa shape index (κ1) is 19.1. The maximum Gasteiger partial charge on any atom is 0.233 e. The summed E-state index contributed by atoms with van der Waals surface area (Å²) in [6.45, 7) is 0. The lowest BCUT2D eigenvalue weighted by Crippen LogP contribution is -2.55. The van der Waals surface area contributed by atoms with E-state index in [1.165, 1.54) is 5.56 Å². The maximum absolute atomic E-state index is 13.1. The predicted molar refractivity (Wildman–Crippen MR) is 114 cm³/mol. The molecule has 1 aliphatic heterocycles. The number of β-lactam (4-membered cyclic amide) rings is 1. The third-order valence-electron chi connectivity index (χ3n) is 5.62. The fraction of sp³-hybridized carbons (Fsp3) is 0.240. The van der Waals surface area contributed by atoms with E-state index in [0.717, 1.165) is 36.3 Å². The van der Waals surface area contributed by atoms with Crippen molar-refractivity contribution in [2.24, 2.45) is 5.92 Å². The van der Waals surface area contributed by atoms with Gasteiger partial charge < -0.3 is 14.7 Å². The Bertz CT molecular complexity index is 952. The minimum absolute atomic E-state index is 0.0210. The Morgan fingerprint density at radius 2 is 1.62 bits per heavy atom. The molecule has 3 aromatic rings. The highest BCUT2D eigenvalue weighted by atomic mass is 16.5. The van der Waals surface area contributed by atoms with Crippen LogP contribution < -0.4 is 9.64 Å². The van der Waals surface area contributed by atoms with Crippen molar-refractivity contribution in [2.45, 2.75) is 25.3 Å². The molecule has 0 bridgehead atoms. The van der Waals surface area contributed by atoms with E-state index in [4.69, 9.17) is 4.74 Å². The van der Waals surface area contributed by atoms with Crippen LogP contribution in [0.25, 0.3) is 0 Å². The quantitative estimate of drug-likeness (QED) is 0.572. The predicted octanol–water partition coefficient (Wildman–Crippen LogP) is 5.13. The summed E-state index contributed by atoms with van der Waals surface area (Å²) in [6, 6.07) is 25.1. The van der Waals surface area contributed by atoms with Crippen molar-refractivity contribution in [3.63, 3.8) is 0 Å². The van der Waals surface area contributed by atoms with Crippen molar-refractivity contribution >= 4 is 11.6 Å². The molecule has 3 aromatic carbocycles. The Balaban J connectivity index is 1.53. The lowest BCUT2D eigenvalue weighted by molar-refractivity contribution is -0.130. The van der Waals surface area contributed by atoms with Gasteiger partial charge >= 0.3 is 0 Å². The molecule has 4 rings (SSSR count). The molecule has 1 fully saturated rings. The van der Waals surface area contributed by atoms with Crippen LogP contribution in [0, 0.1) is 5.92 Å². The van der Waals surface area contributed by atoms with Crippen LogP contribution in [-0.4, -0.2) is 18.1 Å². The summed E-state index contributed by atoms with van der Waals surface area (Å²) >= 11 is 0. The smallest absolute Gasteiger partial charge is 0.233 e. The number of rotatable bonds is 7. The van der Waals surface area contributed by atoms with Crippen LogP contribution in [0.4, 0.5) is 5.69 Å². The van der Waals surface area contributed by atoms with Gasteiger partial charge in [-0.2, -0.15) is 0 Å². The summed E-state index contributed by atoms with van der Waals surface area (Å²) in [4.78, 5) is 14.9. The molecule has 0 aliphatic carbocycles. The zero-order chi connectivity index (χ0) is 20.2. The Morgan fingerprint density at radius 3 is 2.28 bits per heavy atom. The topological polar surface area (TPSA) is 49.8 Å². The van der Waals surface area contributed by atoms with Crippen molar-refractivity contribution < 1.29 is 14.6 Å². The fourth-order valence-electron chi connectivity index (χ4n) is 4.08. The fourth-order valence-corrected chi connectivity index (χ4v) is 4.08. The second kappa shape index (κ2) is 8.39. The van der Waals surface area contributed by atoms with E-state index in [1.54, 1.807) is 19.2 Å². The van der Waals surface area contributed by atoms with E-state index in [1.807, 2.05) is 47.4 Å². The lowest BCUT2D eigenvalue weighted by Gasteiger charge is -2.47. The Kier molecular flexibility index (Phi) is 5.52. The summed E-state index contributed by atoms with van der Waals surface area (Å²) in [5.41, 5.74) is 3.21. The second-order valence-electron chi connectivity index (χ2n) is 7.43. The van der Waals surface area contributed by atoms with Crippen molar-refractivity contribution in [1.29, 1.82) is 0 Å². The van der Waals surface area contributed by atoms with Gasteiger partial charge in [-0.3, -0.25) is 4.79 Å². The first-order valence-corrected chi connectivity index (χ1v) is 9.97. The molecular weight excluding hydrogens is 362 g/mol. The first-order chi connectivity index (χ1) is 14.2. The average Bonchev–Trinajstić information content (AvgIpc) is 2.77. The van der Waals surface area contributed by atoms with Gasteiger partial charge in [0.15, 0.2) is 0 Å². The zero-order valence-corrected chi connectivity index (χ0v) is 16.5. The molecule has 29 heavy (non-hydrogen) atoms. The molecule has 1 amide bonds. The SMILES string of the molecule is COc1ccc(N2C(=O)[C@@H](CCCc3ccccc3)[C@H]2c2ccc(O)cc2)cc1.